The second-order valence-electron chi connectivity index (χ2n) is 4.28. The summed E-state index contributed by atoms with van der Waals surface area (Å²) in [5.74, 6) is 1.31. The molecule has 1 aliphatic carbocycles. The van der Waals surface area contributed by atoms with Crippen molar-refractivity contribution in [2.24, 2.45) is 5.92 Å². The van der Waals surface area contributed by atoms with Crippen molar-refractivity contribution in [1.82, 2.24) is 20.1 Å². The van der Waals surface area contributed by atoms with Crippen LogP contribution in [0.4, 0.5) is 0 Å². The largest absolute Gasteiger partial charge is 0.349 e. The van der Waals surface area contributed by atoms with Crippen LogP contribution in [0.15, 0.2) is 18.5 Å². The standard InChI is InChI=1S/C12H18N4O/c1-2-16-9-14-15-11(16)8-13-12(17)7-10-5-3-4-6-10/h3,5,9-10H,2,4,6-8H2,1H3,(H,13,17)/t10-/m1/s1. The molecular weight excluding hydrogens is 216 g/mol. The Hall–Kier alpha value is -1.65. The molecule has 5 heteroatoms. The van der Waals surface area contributed by atoms with Crippen LogP contribution in [0.3, 0.4) is 0 Å². The minimum absolute atomic E-state index is 0.0900. The van der Waals surface area contributed by atoms with Crippen LogP contribution in [0.25, 0.3) is 0 Å². The number of nitrogens with one attached hydrogen (secondary N) is 1. The van der Waals surface area contributed by atoms with Crippen molar-refractivity contribution in [1.29, 1.82) is 0 Å². The summed E-state index contributed by atoms with van der Waals surface area (Å²) < 4.78 is 1.93. The van der Waals surface area contributed by atoms with Gasteiger partial charge in [-0.3, -0.25) is 4.79 Å². The van der Waals surface area contributed by atoms with Gasteiger partial charge in [-0.2, -0.15) is 0 Å². The Balaban J connectivity index is 1.77. The first-order chi connectivity index (χ1) is 8.29. The predicted molar refractivity (Wildman–Crippen MR) is 64.0 cm³/mol. The van der Waals surface area contributed by atoms with Gasteiger partial charge in [0.2, 0.25) is 5.91 Å². The van der Waals surface area contributed by atoms with E-state index in [4.69, 9.17) is 0 Å². The SMILES string of the molecule is CCn1cnnc1CNC(=O)C[C@@H]1C=CCC1. The number of allylic oxidation sites excluding steroid dienone is 2. The second kappa shape index (κ2) is 5.61. The van der Waals surface area contributed by atoms with E-state index in [1.54, 1.807) is 6.33 Å². The molecule has 0 saturated carbocycles. The number of aryl methyl sites for hydroxylation is 1. The zero-order chi connectivity index (χ0) is 12.1. The predicted octanol–water partition coefficient (Wildman–Crippen LogP) is 1.27. The molecule has 0 radical (unpaired) electrons. The first-order valence-corrected chi connectivity index (χ1v) is 6.09. The number of carbonyl (C=O) groups is 1. The van der Waals surface area contributed by atoms with E-state index < -0.39 is 0 Å². The van der Waals surface area contributed by atoms with Crippen LogP contribution in [-0.4, -0.2) is 20.7 Å². The fourth-order valence-electron chi connectivity index (χ4n) is 2.03. The highest BCUT2D eigenvalue weighted by Crippen LogP contribution is 2.19. The van der Waals surface area contributed by atoms with E-state index in [1.165, 1.54) is 0 Å². The fraction of sp³-hybridized carbons (Fsp3) is 0.583. The van der Waals surface area contributed by atoms with Crippen molar-refractivity contribution < 1.29 is 4.79 Å². The summed E-state index contributed by atoms with van der Waals surface area (Å²) in [7, 11) is 0. The van der Waals surface area contributed by atoms with Crippen LogP contribution in [0, 0.1) is 5.92 Å². The van der Waals surface area contributed by atoms with Crippen LogP contribution in [-0.2, 0) is 17.9 Å². The summed E-state index contributed by atoms with van der Waals surface area (Å²) in [6.07, 6.45) is 8.73. The molecule has 0 aliphatic heterocycles. The van der Waals surface area contributed by atoms with Crippen molar-refractivity contribution in [2.45, 2.75) is 39.3 Å². The minimum atomic E-state index is 0.0900. The van der Waals surface area contributed by atoms with Crippen LogP contribution < -0.4 is 5.32 Å². The van der Waals surface area contributed by atoms with E-state index in [9.17, 15) is 4.79 Å². The second-order valence-corrected chi connectivity index (χ2v) is 4.28. The zero-order valence-corrected chi connectivity index (χ0v) is 10.1. The lowest BCUT2D eigenvalue weighted by Gasteiger charge is -2.08. The first kappa shape index (κ1) is 11.8. The Morgan fingerprint density at radius 3 is 3.24 bits per heavy atom. The molecule has 1 aliphatic rings. The number of hydrogen-bond acceptors (Lipinski definition) is 3. The van der Waals surface area contributed by atoms with E-state index >= 15 is 0 Å². The van der Waals surface area contributed by atoms with Gasteiger partial charge in [0, 0.05) is 13.0 Å². The van der Waals surface area contributed by atoms with E-state index in [1.807, 2.05) is 11.5 Å². The quantitative estimate of drug-likeness (QED) is 0.780. The van der Waals surface area contributed by atoms with Gasteiger partial charge in [-0.1, -0.05) is 12.2 Å². The van der Waals surface area contributed by atoms with Crippen molar-refractivity contribution in [3.8, 4) is 0 Å². The maximum atomic E-state index is 11.7. The first-order valence-electron chi connectivity index (χ1n) is 6.09. The maximum absolute atomic E-state index is 11.7. The molecule has 2 rings (SSSR count). The summed E-state index contributed by atoms with van der Waals surface area (Å²) in [4.78, 5) is 11.7. The van der Waals surface area contributed by atoms with Crippen LogP contribution in [0.1, 0.15) is 32.0 Å². The molecule has 1 amide bonds. The van der Waals surface area contributed by atoms with Crippen LogP contribution >= 0.6 is 0 Å². The summed E-state index contributed by atoms with van der Waals surface area (Å²) in [5.41, 5.74) is 0. The molecule has 92 valence electrons. The normalized spacial score (nSPS) is 18.5. The lowest BCUT2D eigenvalue weighted by molar-refractivity contribution is -0.121. The third-order valence-corrected chi connectivity index (χ3v) is 3.04. The lowest BCUT2D eigenvalue weighted by atomic mass is 10.1. The highest BCUT2D eigenvalue weighted by molar-refractivity contribution is 5.76. The van der Waals surface area contributed by atoms with Gasteiger partial charge in [0.1, 0.15) is 6.33 Å². The van der Waals surface area contributed by atoms with Crippen LogP contribution in [0.2, 0.25) is 0 Å². The molecule has 0 saturated heterocycles. The third kappa shape index (κ3) is 3.15. The van der Waals surface area contributed by atoms with Gasteiger partial charge in [0.05, 0.1) is 6.54 Å². The molecule has 1 atom stereocenters. The van der Waals surface area contributed by atoms with E-state index in [-0.39, 0.29) is 5.91 Å². The molecule has 0 unspecified atom stereocenters. The average Bonchev–Trinajstić information content (AvgIpc) is 2.96. The van der Waals surface area contributed by atoms with Gasteiger partial charge in [-0.05, 0) is 25.7 Å². The highest BCUT2D eigenvalue weighted by Gasteiger charge is 2.14. The third-order valence-electron chi connectivity index (χ3n) is 3.04. The molecule has 0 spiro atoms. The fourth-order valence-corrected chi connectivity index (χ4v) is 2.03. The Morgan fingerprint density at radius 1 is 1.65 bits per heavy atom. The van der Waals surface area contributed by atoms with Crippen molar-refractivity contribution in [3.63, 3.8) is 0 Å². The molecule has 0 fully saturated rings. The van der Waals surface area contributed by atoms with E-state index in [2.05, 4.69) is 27.7 Å². The van der Waals surface area contributed by atoms with E-state index in [0.29, 0.717) is 18.9 Å². The topological polar surface area (TPSA) is 59.8 Å². The molecule has 0 aromatic carbocycles. The summed E-state index contributed by atoms with van der Waals surface area (Å²) in [6.45, 7) is 3.31. The van der Waals surface area contributed by atoms with Crippen molar-refractivity contribution >= 4 is 5.91 Å². The molecule has 17 heavy (non-hydrogen) atoms. The Bertz CT molecular complexity index is 410. The Labute approximate surface area is 101 Å². The van der Waals surface area contributed by atoms with Gasteiger partial charge in [0.25, 0.3) is 0 Å². The smallest absolute Gasteiger partial charge is 0.220 e. The summed E-state index contributed by atoms with van der Waals surface area (Å²) in [5, 5.41) is 10.7. The number of aromatic nitrogens is 3. The molecule has 1 aromatic heterocycles. The van der Waals surface area contributed by atoms with Gasteiger partial charge < -0.3 is 9.88 Å². The molecule has 1 heterocycles. The van der Waals surface area contributed by atoms with Gasteiger partial charge in [-0.15, -0.1) is 10.2 Å². The highest BCUT2D eigenvalue weighted by atomic mass is 16.1. The summed E-state index contributed by atoms with van der Waals surface area (Å²) in [6, 6.07) is 0. The average molecular weight is 234 g/mol. The minimum Gasteiger partial charge on any atom is -0.349 e. The molecule has 1 aromatic rings. The van der Waals surface area contributed by atoms with Crippen molar-refractivity contribution in [3.05, 3.63) is 24.3 Å². The van der Waals surface area contributed by atoms with Crippen molar-refractivity contribution in [2.75, 3.05) is 0 Å². The van der Waals surface area contributed by atoms with Crippen LogP contribution in [0.5, 0.6) is 0 Å². The monoisotopic (exact) mass is 234 g/mol. The molecule has 0 bridgehead atoms. The number of rotatable bonds is 5. The lowest BCUT2D eigenvalue weighted by Crippen LogP contribution is -2.26. The Kier molecular flexibility index (Phi) is 3.90. The zero-order valence-electron chi connectivity index (χ0n) is 10.1. The number of carbonyl (C=O) groups excluding carboxylic acids is 1. The molecule has 5 nitrogen and oxygen atoms in total. The number of nitrogens with zero attached hydrogens (tertiary/aromatic N) is 3. The van der Waals surface area contributed by atoms with Gasteiger partial charge >= 0.3 is 0 Å². The van der Waals surface area contributed by atoms with Gasteiger partial charge in [-0.25, -0.2) is 0 Å². The molecular formula is C12H18N4O. The maximum Gasteiger partial charge on any atom is 0.220 e. The number of hydrogen-bond donors (Lipinski definition) is 1. The molecule has 1 N–H and O–H groups in total. The Morgan fingerprint density at radius 2 is 2.53 bits per heavy atom. The van der Waals surface area contributed by atoms with Gasteiger partial charge in [0.15, 0.2) is 5.82 Å². The summed E-state index contributed by atoms with van der Waals surface area (Å²) >= 11 is 0. The number of amides is 1. The van der Waals surface area contributed by atoms with E-state index in [0.717, 1.165) is 25.2 Å².